The largest absolute Gasteiger partial charge is 0.376 e. The number of carbonyl (C=O) groups excluding carboxylic acids is 1. The molecule has 3 aromatic heterocycles. The summed E-state index contributed by atoms with van der Waals surface area (Å²) in [7, 11) is 3.94. The Morgan fingerprint density at radius 3 is 2.61 bits per heavy atom. The lowest BCUT2D eigenvalue weighted by Gasteiger charge is -2.11. The fourth-order valence-corrected chi connectivity index (χ4v) is 2.44. The van der Waals surface area contributed by atoms with Gasteiger partial charge in [0.1, 0.15) is 17.2 Å². The van der Waals surface area contributed by atoms with Crippen LogP contribution in [0.25, 0.3) is 5.65 Å². The molecule has 1 N–H and O–H groups in total. The van der Waals surface area contributed by atoms with E-state index in [2.05, 4.69) is 15.3 Å². The summed E-state index contributed by atoms with van der Waals surface area (Å²) in [6, 6.07) is 7.66. The number of carbonyl (C=O) groups is 1. The van der Waals surface area contributed by atoms with Gasteiger partial charge in [0.05, 0.1) is 5.69 Å². The summed E-state index contributed by atoms with van der Waals surface area (Å²) < 4.78 is 1.85. The molecule has 0 atom stereocenters. The van der Waals surface area contributed by atoms with Crippen LogP contribution in [-0.2, 0) is 0 Å². The number of nitrogens with zero attached hydrogens (tertiary/aromatic N) is 4. The molecule has 0 aliphatic carbocycles. The van der Waals surface area contributed by atoms with E-state index in [-0.39, 0.29) is 5.91 Å². The van der Waals surface area contributed by atoms with Crippen LogP contribution in [0.5, 0.6) is 0 Å². The quantitative estimate of drug-likeness (QED) is 0.808. The second-order valence-electron chi connectivity index (χ2n) is 5.80. The summed E-state index contributed by atoms with van der Waals surface area (Å²) in [4.78, 5) is 23.1. The number of hydrogen-bond donors (Lipinski definition) is 1. The van der Waals surface area contributed by atoms with Crippen molar-refractivity contribution in [3.05, 3.63) is 53.6 Å². The molecule has 0 aromatic carbocycles. The molecule has 118 valence electrons. The molecule has 0 aliphatic heterocycles. The number of imidazole rings is 1. The van der Waals surface area contributed by atoms with Crippen molar-refractivity contribution in [1.82, 2.24) is 14.4 Å². The molecule has 0 radical (unpaired) electrons. The third-order valence-electron chi connectivity index (χ3n) is 3.52. The number of rotatable bonds is 3. The van der Waals surface area contributed by atoms with Gasteiger partial charge in [0.2, 0.25) is 0 Å². The molecule has 0 aliphatic rings. The molecule has 0 saturated heterocycles. The number of anilines is 2. The maximum Gasteiger partial charge on any atom is 0.277 e. The third-order valence-corrected chi connectivity index (χ3v) is 3.52. The van der Waals surface area contributed by atoms with Crippen molar-refractivity contribution in [3.63, 3.8) is 0 Å². The van der Waals surface area contributed by atoms with Crippen LogP contribution in [0, 0.1) is 13.8 Å². The van der Waals surface area contributed by atoms with Crippen LogP contribution in [0.1, 0.15) is 21.7 Å². The Bertz CT molecular complexity index is 862. The first-order chi connectivity index (χ1) is 10.9. The molecule has 0 bridgehead atoms. The second kappa shape index (κ2) is 5.72. The molecule has 3 aromatic rings. The van der Waals surface area contributed by atoms with Gasteiger partial charge in [-0.05, 0) is 43.7 Å². The number of aromatic nitrogens is 3. The number of aryl methyl sites for hydroxylation is 2. The topological polar surface area (TPSA) is 62.5 Å². The van der Waals surface area contributed by atoms with E-state index < -0.39 is 0 Å². The molecule has 0 fully saturated rings. The van der Waals surface area contributed by atoms with E-state index in [0.717, 1.165) is 22.6 Å². The highest BCUT2D eigenvalue weighted by Gasteiger charge is 2.12. The van der Waals surface area contributed by atoms with E-state index in [1.54, 1.807) is 6.20 Å². The molecular formula is C17H19N5O. The Labute approximate surface area is 134 Å². The van der Waals surface area contributed by atoms with E-state index in [1.165, 1.54) is 0 Å². The van der Waals surface area contributed by atoms with Gasteiger partial charge in [-0.25, -0.2) is 9.97 Å². The van der Waals surface area contributed by atoms with Crippen molar-refractivity contribution in [1.29, 1.82) is 0 Å². The lowest BCUT2D eigenvalue weighted by molar-refractivity contribution is 0.102. The molecule has 23 heavy (non-hydrogen) atoms. The van der Waals surface area contributed by atoms with Crippen molar-refractivity contribution in [2.24, 2.45) is 0 Å². The lowest BCUT2D eigenvalue weighted by Crippen LogP contribution is -2.13. The number of amides is 1. The Morgan fingerprint density at radius 2 is 1.91 bits per heavy atom. The van der Waals surface area contributed by atoms with Crippen molar-refractivity contribution in [3.8, 4) is 0 Å². The molecule has 3 heterocycles. The second-order valence-corrected chi connectivity index (χ2v) is 5.80. The summed E-state index contributed by atoms with van der Waals surface area (Å²) in [5.74, 6) is 0.274. The van der Waals surface area contributed by atoms with Crippen LogP contribution in [-0.4, -0.2) is 34.4 Å². The SMILES string of the molecule is Cc1cc(C)nc(NC(=O)c2cn3cc(N(C)C)ccc3n2)c1. The maximum atomic E-state index is 12.4. The molecule has 6 heteroatoms. The molecule has 1 amide bonds. The summed E-state index contributed by atoms with van der Waals surface area (Å²) in [5, 5.41) is 2.80. The maximum absolute atomic E-state index is 12.4. The van der Waals surface area contributed by atoms with E-state index in [0.29, 0.717) is 11.5 Å². The van der Waals surface area contributed by atoms with Crippen molar-refractivity contribution in [2.45, 2.75) is 13.8 Å². The zero-order chi connectivity index (χ0) is 16.6. The average Bonchev–Trinajstić information content (AvgIpc) is 2.89. The highest BCUT2D eigenvalue weighted by atomic mass is 16.2. The normalized spacial score (nSPS) is 10.8. The minimum Gasteiger partial charge on any atom is -0.376 e. The number of nitrogens with one attached hydrogen (secondary N) is 1. The minimum atomic E-state index is -0.266. The van der Waals surface area contributed by atoms with E-state index >= 15 is 0 Å². The minimum absolute atomic E-state index is 0.266. The Hall–Kier alpha value is -2.89. The van der Waals surface area contributed by atoms with E-state index in [9.17, 15) is 4.79 Å². The number of hydrogen-bond acceptors (Lipinski definition) is 4. The Morgan fingerprint density at radius 1 is 1.13 bits per heavy atom. The highest BCUT2D eigenvalue weighted by molar-refractivity contribution is 6.02. The fourth-order valence-electron chi connectivity index (χ4n) is 2.44. The number of pyridine rings is 2. The smallest absolute Gasteiger partial charge is 0.277 e. The Kier molecular flexibility index (Phi) is 3.73. The lowest BCUT2D eigenvalue weighted by atomic mass is 10.2. The van der Waals surface area contributed by atoms with Gasteiger partial charge in [0, 0.05) is 32.2 Å². The zero-order valence-electron chi connectivity index (χ0n) is 13.7. The van der Waals surface area contributed by atoms with Crippen molar-refractivity contribution in [2.75, 3.05) is 24.3 Å². The van der Waals surface area contributed by atoms with Gasteiger partial charge in [-0.2, -0.15) is 0 Å². The predicted octanol–water partition coefficient (Wildman–Crippen LogP) is 2.66. The van der Waals surface area contributed by atoms with Crippen molar-refractivity contribution >= 4 is 23.1 Å². The first kappa shape index (κ1) is 15.0. The van der Waals surface area contributed by atoms with Gasteiger partial charge < -0.3 is 14.6 Å². The summed E-state index contributed by atoms with van der Waals surface area (Å²) in [6.45, 7) is 3.87. The van der Waals surface area contributed by atoms with Crippen LogP contribution in [0.4, 0.5) is 11.5 Å². The van der Waals surface area contributed by atoms with Gasteiger partial charge in [0.15, 0.2) is 0 Å². The van der Waals surface area contributed by atoms with Gasteiger partial charge in [-0.3, -0.25) is 4.79 Å². The standard InChI is InChI=1S/C17H19N5O/c1-11-7-12(2)18-15(8-11)20-17(23)14-10-22-9-13(21(3)4)5-6-16(22)19-14/h5-10H,1-4H3,(H,18,20,23). The zero-order valence-corrected chi connectivity index (χ0v) is 13.7. The van der Waals surface area contributed by atoms with Crippen LogP contribution < -0.4 is 10.2 Å². The first-order valence-electron chi connectivity index (χ1n) is 7.35. The molecule has 3 rings (SSSR count). The molecule has 0 spiro atoms. The van der Waals surface area contributed by atoms with Crippen LogP contribution >= 0.6 is 0 Å². The van der Waals surface area contributed by atoms with E-state index in [1.807, 2.05) is 67.7 Å². The summed E-state index contributed by atoms with van der Waals surface area (Å²) in [6.07, 6.45) is 3.66. The van der Waals surface area contributed by atoms with Crippen molar-refractivity contribution < 1.29 is 4.79 Å². The van der Waals surface area contributed by atoms with Gasteiger partial charge in [0.25, 0.3) is 5.91 Å². The summed E-state index contributed by atoms with van der Waals surface area (Å²) in [5.41, 5.74) is 4.05. The molecule has 6 nitrogen and oxygen atoms in total. The monoisotopic (exact) mass is 309 g/mol. The predicted molar refractivity (Wildman–Crippen MR) is 91.2 cm³/mol. The summed E-state index contributed by atoms with van der Waals surface area (Å²) >= 11 is 0. The molecule has 0 unspecified atom stereocenters. The fraction of sp³-hybridized carbons (Fsp3) is 0.235. The van der Waals surface area contributed by atoms with Crippen LogP contribution in [0.3, 0.4) is 0 Å². The third kappa shape index (κ3) is 3.15. The van der Waals surface area contributed by atoms with Gasteiger partial charge in [-0.15, -0.1) is 0 Å². The van der Waals surface area contributed by atoms with Crippen LogP contribution in [0.2, 0.25) is 0 Å². The first-order valence-corrected chi connectivity index (χ1v) is 7.35. The van der Waals surface area contributed by atoms with Gasteiger partial charge in [-0.1, -0.05) is 0 Å². The van der Waals surface area contributed by atoms with E-state index in [4.69, 9.17) is 0 Å². The highest BCUT2D eigenvalue weighted by Crippen LogP contribution is 2.15. The Balaban J connectivity index is 1.88. The molecular weight excluding hydrogens is 290 g/mol. The van der Waals surface area contributed by atoms with Gasteiger partial charge >= 0.3 is 0 Å². The number of fused-ring (bicyclic) bond motifs is 1. The average molecular weight is 309 g/mol. The molecule has 0 saturated carbocycles. The van der Waals surface area contributed by atoms with Crippen LogP contribution in [0.15, 0.2) is 36.7 Å².